The van der Waals surface area contributed by atoms with Gasteiger partial charge in [0.25, 0.3) is 5.91 Å². The quantitative estimate of drug-likeness (QED) is 0.602. The zero-order valence-electron chi connectivity index (χ0n) is 15.0. The van der Waals surface area contributed by atoms with Crippen molar-refractivity contribution in [1.29, 1.82) is 0 Å². The second kappa shape index (κ2) is 7.67. The molecule has 3 rings (SSSR count). The van der Waals surface area contributed by atoms with E-state index < -0.39 is 18.7 Å². The summed E-state index contributed by atoms with van der Waals surface area (Å²) in [5.41, 5.74) is 2.65. The first-order valence-corrected chi connectivity index (χ1v) is 8.69. The highest BCUT2D eigenvalue weighted by Gasteiger charge is 2.29. The second-order valence-corrected chi connectivity index (χ2v) is 6.75. The summed E-state index contributed by atoms with van der Waals surface area (Å²) < 4.78 is 42.2. The number of rotatable bonds is 4. The van der Waals surface area contributed by atoms with Crippen molar-refractivity contribution in [3.63, 3.8) is 0 Å². The number of fused-ring (bicyclic) bond motifs is 1. The maximum Gasteiger partial charge on any atom is 0.422 e. The van der Waals surface area contributed by atoms with E-state index in [2.05, 4.69) is 10.3 Å². The van der Waals surface area contributed by atoms with E-state index in [0.29, 0.717) is 11.3 Å². The lowest BCUT2D eigenvalue weighted by Gasteiger charge is -2.15. The number of nitrogens with one attached hydrogen (secondary N) is 1. The van der Waals surface area contributed by atoms with Crippen LogP contribution >= 0.6 is 11.6 Å². The fourth-order valence-electron chi connectivity index (χ4n) is 2.68. The molecule has 1 aromatic heterocycles. The third-order valence-electron chi connectivity index (χ3n) is 3.99. The molecular formula is C20H16ClF3N2O2. The Morgan fingerprint density at radius 2 is 1.89 bits per heavy atom. The number of carbonyl (C=O) groups is 1. The number of benzene rings is 2. The Labute approximate surface area is 164 Å². The first-order chi connectivity index (χ1) is 13.1. The van der Waals surface area contributed by atoms with Gasteiger partial charge in [-0.05, 0) is 49.7 Å². The van der Waals surface area contributed by atoms with Crippen LogP contribution < -0.4 is 10.1 Å². The van der Waals surface area contributed by atoms with Crippen LogP contribution in [0.5, 0.6) is 5.75 Å². The third-order valence-corrected chi connectivity index (χ3v) is 4.22. The molecule has 1 amide bonds. The number of hydrogen-bond donors (Lipinski definition) is 1. The number of anilines is 1. The highest BCUT2D eigenvalue weighted by atomic mass is 35.5. The van der Waals surface area contributed by atoms with Gasteiger partial charge in [-0.3, -0.25) is 9.78 Å². The predicted octanol–water partition coefficient (Wildman–Crippen LogP) is 5.70. The van der Waals surface area contributed by atoms with Crippen molar-refractivity contribution in [1.82, 2.24) is 4.98 Å². The molecule has 0 spiro atoms. The molecule has 0 saturated carbocycles. The summed E-state index contributed by atoms with van der Waals surface area (Å²) in [6, 6.07) is 11.3. The zero-order valence-corrected chi connectivity index (χ0v) is 15.8. The summed E-state index contributed by atoms with van der Waals surface area (Å²) in [6.07, 6.45) is -4.50. The number of amides is 1. The van der Waals surface area contributed by atoms with Gasteiger partial charge in [-0.1, -0.05) is 23.7 Å². The maximum atomic E-state index is 12.7. The average Bonchev–Trinajstić information content (AvgIpc) is 2.59. The van der Waals surface area contributed by atoms with E-state index in [4.69, 9.17) is 16.3 Å². The summed E-state index contributed by atoms with van der Waals surface area (Å²) >= 11 is 5.92. The molecule has 0 fully saturated rings. The number of aromatic nitrogens is 1. The summed E-state index contributed by atoms with van der Waals surface area (Å²) in [5.74, 6) is -0.649. The molecule has 2 aromatic carbocycles. The lowest BCUT2D eigenvalue weighted by atomic mass is 10.1. The average molecular weight is 409 g/mol. The molecule has 0 saturated heterocycles. The fraction of sp³-hybridized carbons (Fsp3) is 0.200. The van der Waals surface area contributed by atoms with Gasteiger partial charge in [0, 0.05) is 10.4 Å². The summed E-state index contributed by atoms with van der Waals surface area (Å²) in [7, 11) is 0. The van der Waals surface area contributed by atoms with Gasteiger partial charge in [0.1, 0.15) is 5.75 Å². The minimum atomic E-state index is -4.50. The Morgan fingerprint density at radius 3 is 2.61 bits per heavy atom. The number of nitrogens with zero attached hydrogens (tertiary/aromatic N) is 1. The fourth-order valence-corrected chi connectivity index (χ4v) is 2.85. The summed E-state index contributed by atoms with van der Waals surface area (Å²) in [5, 5.41) is 3.59. The van der Waals surface area contributed by atoms with Crippen molar-refractivity contribution in [2.45, 2.75) is 20.0 Å². The van der Waals surface area contributed by atoms with E-state index >= 15 is 0 Å². The van der Waals surface area contributed by atoms with Crippen LogP contribution in [0.15, 0.2) is 42.5 Å². The molecule has 0 atom stereocenters. The first-order valence-electron chi connectivity index (χ1n) is 8.31. The Bertz CT molecular complexity index is 1050. The Balaban J connectivity index is 1.90. The molecule has 0 bridgehead atoms. The second-order valence-electron chi connectivity index (χ2n) is 6.32. The molecule has 4 nitrogen and oxygen atoms in total. The minimum Gasteiger partial charge on any atom is -0.482 e. The van der Waals surface area contributed by atoms with E-state index in [1.165, 1.54) is 18.2 Å². The minimum absolute atomic E-state index is 0.0464. The molecule has 1 heterocycles. The zero-order chi connectivity index (χ0) is 20.5. The van der Waals surface area contributed by atoms with Crippen molar-refractivity contribution in [3.05, 3.63) is 64.3 Å². The molecule has 0 aliphatic carbocycles. The van der Waals surface area contributed by atoms with E-state index in [0.717, 1.165) is 16.5 Å². The molecule has 0 aliphatic rings. The molecule has 8 heteroatoms. The number of alkyl halides is 3. The molecule has 0 radical (unpaired) electrons. The smallest absolute Gasteiger partial charge is 0.422 e. The SMILES string of the molecule is Cc1ccc2cc(C(=O)Nc3cc(Cl)ccc3OCC(F)(F)F)c(C)nc2c1. The lowest BCUT2D eigenvalue weighted by Crippen LogP contribution is -2.20. The van der Waals surface area contributed by atoms with Crippen LogP contribution in [0.3, 0.4) is 0 Å². The van der Waals surface area contributed by atoms with Crippen LogP contribution in [-0.4, -0.2) is 23.7 Å². The van der Waals surface area contributed by atoms with Gasteiger partial charge in [-0.2, -0.15) is 13.2 Å². The monoisotopic (exact) mass is 408 g/mol. The highest BCUT2D eigenvalue weighted by Crippen LogP contribution is 2.30. The van der Waals surface area contributed by atoms with E-state index in [9.17, 15) is 18.0 Å². The van der Waals surface area contributed by atoms with E-state index in [-0.39, 0.29) is 16.5 Å². The molecule has 146 valence electrons. The summed E-state index contributed by atoms with van der Waals surface area (Å²) in [6.45, 7) is 2.15. The van der Waals surface area contributed by atoms with Crippen LogP contribution in [0.1, 0.15) is 21.6 Å². The van der Waals surface area contributed by atoms with Crippen LogP contribution in [-0.2, 0) is 0 Å². The number of hydrogen-bond acceptors (Lipinski definition) is 3. The largest absolute Gasteiger partial charge is 0.482 e. The normalized spacial score (nSPS) is 11.5. The van der Waals surface area contributed by atoms with Gasteiger partial charge in [-0.25, -0.2) is 0 Å². The van der Waals surface area contributed by atoms with Crippen molar-refractivity contribution >= 4 is 34.1 Å². The number of carbonyl (C=O) groups excluding carboxylic acids is 1. The number of pyridine rings is 1. The highest BCUT2D eigenvalue weighted by molar-refractivity contribution is 6.31. The molecule has 1 N–H and O–H groups in total. The van der Waals surface area contributed by atoms with Crippen molar-refractivity contribution in [3.8, 4) is 5.75 Å². The first kappa shape index (κ1) is 19.9. The number of aryl methyl sites for hydroxylation is 2. The molecule has 0 unspecified atom stereocenters. The van der Waals surface area contributed by atoms with Gasteiger partial charge in [0.15, 0.2) is 6.61 Å². The molecule has 0 aliphatic heterocycles. The predicted molar refractivity (Wildman–Crippen MR) is 102 cm³/mol. The molecular weight excluding hydrogens is 393 g/mol. The topological polar surface area (TPSA) is 51.2 Å². The Morgan fingerprint density at radius 1 is 1.14 bits per heavy atom. The van der Waals surface area contributed by atoms with Gasteiger partial charge >= 0.3 is 6.18 Å². The number of halogens is 4. The van der Waals surface area contributed by atoms with Gasteiger partial charge in [-0.15, -0.1) is 0 Å². The van der Waals surface area contributed by atoms with Crippen LogP contribution in [0.25, 0.3) is 10.9 Å². The van der Waals surface area contributed by atoms with Gasteiger partial charge in [0.2, 0.25) is 0 Å². The van der Waals surface area contributed by atoms with Gasteiger partial charge < -0.3 is 10.1 Å². The van der Waals surface area contributed by atoms with E-state index in [1.807, 2.05) is 25.1 Å². The van der Waals surface area contributed by atoms with Gasteiger partial charge in [0.05, 0.1) is 22.5 Å². The van der Waals surface area contributed by atoms with Crippen LogP contribution in [0.4, 0.5) is 18.9 Å². The van der Waals surface area contributed by atoms with Crippen LogP contribution in [0, 0.1) is 13.8 Å². The third kappa shape index (κ3) is 4.72. The summed E-state index contributed by atoms with van der Waals surface area (Å²) in [4.78, 5) is 17.2. The number of ether oxygens (including phenoxy) is 1. The standard InChI is InChI=1S/C20H16ClF3N2O2/c1-11-3-4-13-8-15(12(2)25-16(13)7-11)19(27)26-17-9-14(21)5-6-18(17)28-10-20(22,23)24/h3-9H,10H2,1-2H3,(H,26,27). The molecule has 28 heavy (non-hydrogen) atoms. The molecule has 3 aromatic rings. The van der Waals surface area contributed by atoms with Crippen molar-refractivity contribution < 1.29 is 22.7 Å². The Hall–Kier alpha value is -2.80. The Kier molecular flexibility index (Phi) is 5.47. The van der Waals surface area contributed by atoms with Crippen molar-refractivity contribution in [2.75, 3.05) is 11.9 Å². The lowest BCUT2D eigenvalue weighted by molar-refractivity contribution is -0.153. The maximum absolute atomic E-state index is 12.7. The van der Waals surface area contributed by atoms with E-state index in [1.54, 1.807) is 13.0 Å². The van der Waals surface area contributed by atoms with Crippen LogP contribution in [0.2, 0.25) is 5.02 Å². The van der Waals surface area contributed by atoms with Crippen molar-refractivity contribution in [2.24, 2.45) is 0 Å².